The van der Waals surface area contributed by atoms with Crippen LogP contribution in [0.2, 0.25) is 0 Å². The van der Waals surface area contributed by atoms with Crippen LogP contribution in [0.3, 0.4) is 0 Å². The zero-order chi connectivity index (χ0) is 20.5. The minimum absolute atomic E-state index is 0.103. The smallest absolute Gasteiger partial charge is 0.267 e. The molecule has 2 aromatic carbocycles. The van der Waals surface area contributed by atoms with E-state index in [4.69, 9.17) is 9.94 Å². The van der Waals surface area contributed by atoms with Crippen LogP contribution in [0.1, 0.15) is 41.7 Å². The summed E-state index contributed by atoms with van der Waals surface area (Å²) >= 11 is 0. The van der Waals surface area contributed by atoms with Gasteiger partial charge in [0.15, 0.2) is 0 Å². The standard InChI is InChI=1S/C23H27NO4/c1-16(2)4-12-21-20(14-25)10-9-19(11-13-22(26)24-27)23(21)28-15-18-7-5-17(3)6-8-18/h4-11,13,25,27H,12,14-15H2,1-3H3,(H,24,26)/b13-11+. The average molecular weight is 381 g/mol. The molecule has 0 atom stereocenters. The summed E-state index contributed by atoms with van der Waals surface area (Å²) < 4.78 is 6.15. The van der Waals surface area contributed by atoms with Crippen molar-refractivity contribution in [3.63, 3.8) is 0 Å². The van der Waals surface area contributed by atoms with Crippen molar-refractivity contribution in [2.75, 3.05) is 0 Å². The third kappa shape index (κ3) is 6.08. The van der Waals surface area contributed by atoms with Gasteiger partial charge >= 0.3 is 0 Å². The summed E-state index contributed by atoms with van der Waals surface area (Å²) in [4.78, 5) is 11.4. The van der Waals surface area contributed by atoms with Gasteiger partial charge in [0.1, 0.15) is 12.4 Å². The Morgan fingerprint density at radius 1 is 1.14 bits per heavy atom. The Morgan fingerprint density at radius 3 is 2.46 bits per heavy atom. The van der Waals surface area contributed by atoms with Crippen LogP contribution in [0.15, 0.2) is 54.1 Å². The first-order valence-electron chi connectivity index (χ1n) is 9.14. The Bertz CT molecular complexity index is 863. The van der Waals surface area contributed by atoms with Gasteiger partial charge in [0.2, 0.25) is 0 Å². The van der Waals surface area contributed by atoms with E-state index in [1.807, 2.05) is 51.1 Å². The van der Waals surface area contributed by atoms with Crippen LogP contribution in [0.4, 0.5) is 0 Å². The van der Waals surface area contributed by atoms with E-state index in [0.29, 0.717) is 24.3 Å². The molecule has 3 N–H and O–H groups in total. The summed E-state index contributed by atoms with van der Waals surface area (Å²) in [6, 6.07) is 11.7. The van der Waals surface area contributed by atoms with Crippen LogP contribution in [-0.4, -0.2) is 16.2 Å². The molecule has 0 saturated heterocycles. The highest BCUT2D eigenvalue weighted by molar-refractivity contribution is 5.91. The van der Waals surface area contributed by atoms with Gasteiger partial charge in [-0.2, -0.15) is 0 Å². The van der Waals surface area contributed by atoms with E-state index in [1.54, 1.807) is 17.6 Å². The summed E-state index contributed by atoms with van der Waals surface area (Å²) in [7, 11) is 0. The second-order valence-electron chi connectivity index (χ2n) is 6.85. The predicted octanol–water partition coefficient (Wildman–Crippen LogP) is 4.09. The van der Waals surface area contributed by atoms with Crippen LogP contribution in [-0.2, 0) is 24.4 Å². The number of benzene rings is 2. The van der Waals surface area contributed by atoms with Crippen molar-refractivity contribution in [3.8, 4) is 5.75 Å². The molecule has 0 aliphatic rings. The normalized spacial score (nSPS) is 10.8. The molecule has 2 aromatic rings. The Hall–Kier alpha value is -2.89. The number of ether oxygens (including phenoxy) is 1. The van der Waals surface area contributed by atoms with Gasteiger partial charge in [-0.25, -0.2) is 5.48 Å². The third-order valence-corrected chi connectivity index (χ3v) is 4.30. The van der Waals surface area contributed by atoms with Crippen LogP contribution < -0.4 is 10.2 Å². The molecule has 2 rings (SSSR count). The Kier molecular flexibility index (Phi) is 7.99. The van der Waals surface area contributed by atoms with Gasteiger partial charge in [0.05, 0.1) is 6.61 Å². The summed E-state index contributed by atoms with van der Waals surface area (Å²) in [5.41, 5.74) is 7.29. The molecular formula is C23H27NO4. The number of hydrogen-bond acceptors (Lipinski definition) is 4. The van der Waals surface area contributed by atoms with Crippen molar-refractivity contribution in [3.05, 3.63) is 81.9 Å². The number of aliphatic hydroxyl groups excluding tert-OH is 1. The average Bonchev–Trinajstić information content (AvgIpc) is 2.69. The summed E-state index contributed by atoms with van der Waals surface area (Å²) in [5.74, 6) is -0.00631. The molecule has 0 aliphatic carbocycles. The number of aliphatic hydroxyl groups is 1. The van der Waals surface area contributed by atoms with Gasteiger partial charge < -0.3 is 9.84 Å². The zero-order valence-electron chi connectivity index (χ0n) is 16.5. The first-order valence-corrected chi connectivity index (χ1v) is 9.14. The maximum absolute atomic E-state index is 11.4. The lowest BCUT2D eigenvalue weighted by atomic mass is 9.98. The molecule has 28 heavy (non-hydrogen) atoms. The molecular weight excluding hydrogens is 354 g/mol. The Labute approximate surface area is 165 Å². The first-order chi connectivity index (χ1) is 13.4. The van der Waals surface area contributed by atoms with E-state index in [1.165, 1.54) is 11.6 Å². The van der Waals surface area contributed by atoms with Crippen molar-refractivity contribution in [1.82, 2.24) is 5.48 Å². The highest BCUT2D eigenvalue weighted by atomic mass is 16.5. The van der Waals surface area contributed by atoms with E-state index >= 15 is 0 Å². The molecule has 0 radical (unpaired) electrons. The zero-order valence-corrected chi connectivity index (χ0v) is 16.5. The number of hydroxylamine groups is 1. The lowest BCUT2D eigenvalue weighted by Gasteiger charge is -2.17. The lowest BCUT2D eigenvalue weighted by molar-refractivity contribution is -0.124. The van der Waals surface area contributed by atoms with Crippen molar-refractivity contribution in [1.29, 1.82) is 0 Å². The molecule has 1 amide bonds. The fourth-order valence-corrected chi connectivity index (χ4v) is 2.71. The van der Waals surface area contributed by atoms with Crippen LogP contribution in [0.5, 0.6) is 5.75 Å². The van der Waals surface area contributed by atoms with Crippen molar-refractivity contribution < 1.29 is 19.8 Å². The number of rotatable bonds is 8. The molecule has 0 heterocycles. The highest BCUT2D eigenvalue weighted by Gasteiger charge is 2.13. The number of carbonyl (C=O) groups excluding carboxylic acids is 1. The number of aryl methyl sites for hydroxylation is 1. The second kappa shape index (κ2) is 10.4. The number of carbonyl (C=O) groups is 1. The van der Waals surface area contributed by atoms with Crippen LogP contribution in [0.25, 0.3) is 6.08 Å². The highest BCUT2D eigenvalue weighted by Crippen LogP contribution is 2.31. The fraction of sp³-hybridized carbons (Fsp3) is 0.261. The van der Waals surface area contributed by atoms with Gasteiger partial charge in [0.25, 0.3) is 5.91 Å². The number of nitrogens with one attached hydrogen (secondary N) is 1. The second-order valence-corrected chi connectivity index (χ2v) is 6.85. The largest absolute Gasteiger partial charge is 0.488 e. The fourth-order valence-electron chi connectivity index (χ4n) is 2.71. The Morgan fingerprint density at radius 2 is 1.86 bits per heavy atom. The number of hydrogen-bond donors (Lipinski definition) is 3. The molecule has 0 aromatic heterocycles. The van der Waals surface area contributed by atoms with Gasteiger partial charge in [-0.05, 0) is 44.4 Å². The van der Waals surface area contributed by atoms with E-state index in [2.05, 4.69) is 6.08 Å². The Balaban J connectivity index is 2.44. The molecule has 5 heteroatoms. The molecule has 0 unspecified atom stereocenters. The van der Waals surface area contributed by atoms with E-state index in [-0.39, 0.29) is 6.61 Å². The summed E-state index contributed by atoms with van der Waals surface area (Å²) in [6.07, 6.45) is 5.50. The molecule has 0 saturated carbocycles. The molecule has 0 fully saturated rings. The monoisotopic (exact) mass is 381 g/mol. The van der Waals surface area contributed by atoms with Crippen LogP contribution in [0, 0.1) is 6.92 Å². The molecule has 5 nitrogen and oxygen atoms in total. The molecule has 0 spiro atoms. The number of allylic oxidation sites excluding steroid dienone is 2. The van der Waals surface area contributed by atoms with E-state index in [0.717, 1.165) is 22.3 Å². The quantitative estimate of drug-likeness (QED) is 0.278. The summed E-state index contributed by atoms with van der Waals surface area (Å²) in [5, 5.41) is 18.5. The van der Waals surface area contributed by atoms with Gasteiger partial charge in [-0.15, -0.1) is 0 Å². The first kappa shape index (κ1) is 21.4. The maximum atomic E-state index is 11.4. The minimum atomic E-state index is -0.624. The van der Waals surface area contributed by atoms with E-state index in [9.17, 15) is 9.90 Å². The molecule has 148 valence electrons. The van der Waals surface area contributed by atoms with Gasteiger partial charge in [-0.3, -0.25) is 10.0 Å². The van der Waals surface area contributed by atoms with Crippen LogP contribution >= 0.6 is 0 Å². The third-order valence-electron chi connectivity index (χ3n) is 4.30. The van der Waals surface area contributed by atoms with Gasteiger partial charge in [-0.1, -0.05) is 53.6 Å². The van der Waals surface area contributed by atoms with Crippen molar-refractivity contribution in [2.24, 2.45) is 0 Å². The lowest BCUT2D eigenvalue weighted by Crippen LogP contribution is -2.14. The van der Waals surface area contributed by atoms with Gasteiger partial charge in [0, 0.05) is 17.2 Å². The molecule has 0 aliphatic heterocycles. The maximum Gasteiger partial charge on any atom is 0.267 e. The topological polar surface area (TPSA) is 78.8 Å². The predicted molar refractivity (Wildman–Crippen MR) is 110 cm³/mol. The number of amides is 1. The molecule has 0 bridgehead atoms. The van der Waals surface area contributed by atoms with Crippen molar-refractivity contribution in [2.45, 2.75) is 40.4 Å². The minimum Gasteiger partial charge on any atom is -0.488 e. The SMILES string of the molecule is CC(C)=CCc1c(CO)ccc(/C=C/C(=O)NO)c1OCc1ccc(C)cc1. The van der Waals surface area contributed by atoms with Crippen molar-refractivity contribution >= 4 is 12.0 Å². The summed E-state index contributed by atoms with van der Waals surface area (Å²) in [6.45, 7) is 6.32. The van der Waals surface area contributed by atoms with E-state index < -0.39 is 5.91 Å².